The molecule has 0 aliphatic carbocycles. The quantitative estimate of drug-likeness (QED) is 0.0259. The van der Waals surface area contributed by atoms with Crippen molar-refractivity contribution in [2.45, 2.75) is 270 Å². The lowest BCUT2D eigenvalue weighted by Crippen LogP contribution is -2.55. The van der Waals surface area contributed by atoms with Gasteiger partial charge in [-0.05, 0) is 38.5 Å². The summed E-state index contributed by atoms with van der Waals surface area (Å²) in [6.45, 7) is 4.61. The third-order valence-corrected chi connectivity index (χ3v) is 12.4. The molecule has 0 aliphatic rings. The van der Waals surface area contributed by atoms with Crippen LogP contribution in [0.1, 0.15) is 258 Å². The van der Waals surface area contributed by atoms with Crippen LogP contribution in [0.2, 0.25) is 0 Å². The molecule has 370 valence electrons. The number of esters is 2. The minimum absolute atomic E-state index is 0.0465. The summed E-state index contributed by atoms with van der Waals surface area (Å²) >= 11 is 0. The van der Waals surface area contributed by atoms with Gasteiger partial charge in [0.05, 0.1) is 40.3 Å². The number of rotatable bonds is 49. The van der Waals surface area contributed by atoms with Crippen LogP contribution >= 0.6 is 0 Å². The molecule has 2 unspecified atom stereocenters. The molecule has 0 radical (unpaired) electrons. The number of carboxylic acid groups (broad SMARTS) is 1. The molecule has 0 aliphatic heterocycles. The lowest BCUT2D eigenvalue weighted by molar-refractivity contribution is -0.889. The van der Waals surface area contributed by atoms with Crippen molar-refractivity contribution in [3.8, 4) is 0 Å². The van der Waals surface area contributed by atoms with Gasteiger partial charge in [0.1, 0.15) is 12.6 Å². The van der Waals surface area contributed by atoms with Crippen molar-refractivity contribution in [2.75, 3.05) is 41.0 Å². The van der Waals surface area contributed by atoms with Crippen LogP contribution in [0.5, 0.6) is 0 Å². The molecule has 0 aromatic heterocycles. The maximum absolute atomic E-state index is 12.8. The number of carbonyl (C=O) groups excluding carboxylic acids is 3. The molecule has 0 amide bonds. The number of carbonyl (C=O) groups is 3. The van der Waals surface area contributed by atoms with Gasteiger partial charge >= 0.3 is 11.9 Å². The fourth-order valence-corrected chi connectivity index (χ4v) is 8.23. The van der Waals surface area contributed by atoms with E-state index >= 15 is 0 Å². The molecule has 0 N–H and O–H groups in total. The Kier molecular flexibility index (Phi) is 44.7. The molecule has 0 spiro atoms. The summed E-state index contributed by atoms with van der Waals surface area (Å²) in [4.78, 5) is 37.1. The first-order valence-corrected chi connectivity index (χ1v) is 26.9. The number of hydrogen-bond donors (Lipinski definition) is 0. The van der Waals surface area contributed by atoms with Gasteiger partial charge in [0.15, 0.2) is 6.10 Å². The van der Waals surface area contributed by atoms with Crippen LogP contribution in [0.25, 0.3) is 0 Å². The third-order valence-electron chi connectivity index (χ3n) is 12.4. The summed E-state index contributed by atoms with van der Waals surface area (Å²) in [6, 6.07) is -0.723. The fraction of sp³-hybridized carbons (Fsp3) is 0.873. The second-order valence-corrected chi connectivity index (χ2v) is 19.4. The topological polar surface area (TPSA) is 102 Å². The highest BCUT2D eigenvalue weighted by molar-refractivity contribution is 5.70. The van der Waals surface area contributed by atoms with Gasteiger partial charge in [-0.15, -0.1) is 0 Å². The Morgan fingerprint density at radius 3 is 1.30 bits per heavy atom. The monoisotopic (exact) mass is 890 g/mol. The van der Waals surface area contributed by atoms with Crippen LogP contribution in [0.3, 0.4) is 0 Å². The van der Waals surface area contributed by atoms with Crippen LogP contribution in [-0.4, -0.2) is 75.5 Å². The van der Waals surface area contributed by atoms with Gasteiger partial charge in [-0.2, -0.15) is 0 Å². The number of unbranched alkanes of at least 4 members (excludes halogenated alkanes) is 31. The highest BCUT2D eigenvalue weighted by Gasteiger charge is 2.25. The van der Waals surface area contributed by atoms with Gasteiger partial charge in [-0.1, -0.05) is 224 Å². The first-order valence-electron chi connectivity index (χ1n) is 26.9. The molecule has 63 heavy (non-hydrogen) atoms. The molecule has 0 aromatic carbocycles. The van der Waals surface area contributed by atoms with Crippen molar-refractivity contribution >= 4 is 17.9 Å². The zero-order chi connectivity index (χ0) is 46.3. The zero-order valence-corrected chi connectivity index (χ0v) is 42.3. The average Bonchev–Trinajstić information content (AvgIpc) is 3.24. The van der Waals surface area contributed by atoms with Crippen LogP contribution in [0.15, 0.2) is 24.3 Å². The van der Waals surface area contributed by atoms with E-state index in [9.17, 15) is 19.5 Å². The van der Waals surface area contributed by atoms with Crippen LogP contribution in [0, 0.1) is 0 Å². The minimum atomic E-state index is -1.12. The molecule has 8 nitrogen and oxygen atoms in total. The van der Waals surface area contributed by atoms with Crippen molar-refractivity contribution in [1.82, 2.24) is 0 Å². The number of quaternary nitrogens is 1. The van der Waals surface area contributed by atoms with E-state index in [1.807, 2.05) is 21.1 Å². The maximum Gasteiger partial charge on any atom is 0.306 e. The second kappa shape index (κ2) is 46.3. The van der Waals surface area contributed by atoms with Gasteiger partial charge in [0.25, 0.3) is 0 Å². The predicted molar refractivity (Wildman–Crippen MR) is 264 cm³/mol. The highest BCUT2D eigenvalue weighted by Crippen LogP contribution is 2.17. The molecular weight excluding hydrogens is 787 g/mol. The number of aliphatic carboxylic acids is 1. The van der Waals surface area contributed by atoms with Crippen molar-refractivity contribution < 1.29 is 38.2 Å². The number of nitrogens with zero attached hydrogens (tertiary/aromatic N) is 1. The van der Waals surface area contributed by atoms with E-state index in [1.54, 1.807) is 0 Å². The van der Waals surface area contributed by atoms with E-state index in [4.69, 9.17) is 14.2 Å². The van der Waals surface area contributed by atoms with E-state index in [0.29, 0.717) is 12.8 Å². The smallest absolute Gasteiger partial charge is 0.306 e. The van der Waals surface area contributed by atoms with Crippen molar-refractivity contribution in [3.05, 3.63) is 24.3 Å². The average molecular weight is 890 g/mol. The normalized spacial score (nSPS) is 13.0. The summed E-state index contributed by atoms with van der Waals surface area (Å²) in [5.74, 6) is -1.71. The first kappa shape index (κ1) is 60.8. The maximum atomic E-state index is 12.8. The molecule has 0 rings (SSSR count). The molecule has 0 fully saturated rings. The molecule has 8 heteroatoms. The van der Waals surface area contributed by atoms with Gasteiger partial charge in [-0.3, -0.25) is 9.59 Å². The van der Waals surface area contributed by atoms with E-state index < -0.39 is 18.1 Å². The van der Waals surface area contributed by atoms with E-state index in [-0.39, 0.29) is 42.7 Å². The first-order chi connectivity index (χ1) is 30.6. The van der Waals surface area contributed by atoms with Gasteiger partial charge in [-0.25, -0.2) is 0 Å². The number of allylic oxidation sites excluding steroid dienone is 4. The number of hydrogen-bond acceptors (Lipinski definition) is 7. The Hall–Kier alpha value is -2.19. The summed E-state index contributed by atoms with van der Waals surface area (Å²) in [6.07, 6.45) is 53.5. The molecule has 0 bridgehead atoms. The van der Waals surface area contributed by atoms with Crippen LogP contribution in [0.4, 0.5) is 0 Å². The second-order valence-electron chi connectivity index (χ2n) is 19.4. The molecule has 0 aromatic rings. The summed E-state index contributed by atoms with van der Waals surface area (Å²) in [5.41, 5.74) is 0. The van der Waals surface area contributed by atoms with Crippen molar-refractivity contribution in [3.63, 3.8) is 0 Å². The Morgan fingerprint density at radius 1 is 0.492 bits per heavy atom. The van der Waals surface area contributed by atoms with E-state index in [1.165, 1.54) is 173 Å². The summed E-state index contributed by atoms with van der Waals surface area (Å²) in [5, 5.41) is 11.7. The molecule has 2 atom stereocenters. The molecule has 0 heterocycles. The Morgan fingerprint density at radius 2 is 0.889 bits per heavy atom. The zero-order valence-electron chi connectivity index (χ0n) is 42.3. The van der Waals surface area contributed by atoms with Crippen molar-refractivity contribution in [1.29, 1.82) is 0 Å². The number of carboxylic acids is 1. The largest absolute Gasteiger partial charge is 0.544 e. The van der Waals surface area contributed by atoms with Crippen LogP contribution in [-0.2, 0) is 28.6 Å². The minimum Gasteiger partial charge on any atom is -0.544 e. The SMILES string of the molecule is CC/C=C/C/C=C/CCCCCCCCCCCCCCCCC(=O)OCC(COCCC(C(=O)[O-])[N+](C)(C)C)OC(=O)CCCCCCCCCCCCCCCCCCCC. The Balaban J connectivity index is 4.16. The molecule has 0 saturated heterocycles. The van der Waals surface area contributed by atoms with Crippen molar-refractivity contribution in [2.24, 2.45) is 0 Å². The Labute approximate surface area is 390 Å². The van der Waals surface area contributed by atoms with Gasteiger partial charge < -0.3 is 28.6 Å². The summed E-state index contributed by atoms with van der Waals surface area (Å²) in [7, 11) is 5.43. The molecular formula is C55H103NO7. The molecule has 0 saturated carbocycles. The highest BCUT2D eigenvalue weighted by atomic mass is 16.6. The Bertz CT molecular complexity index is 1080. The third kappa shape index (κ3) is 44.8. The van der Waals surface area contributed by atoms with E-state index in [0.717, 1.165) is 51.4 Å². The number of ether oxygens (including phenoxy) is 3. The lowest BCUT2D eigenvalue weighted by Gasteiger charge is -2.34. The van der Waals surface area contributed by atoms with Gasteiger partial charge in [0, 0.05) is 19.3 Å². The van der Waals surface area contributed by atoms with Crippen LogP contribution < -0.4 is 5.11 Å². The summed E-state index contributed by atoms with van der Waals surface area (Å²) < 4.78 is 17.3. The lowest BCUT2D eigenvalue weighted by atomic mass is 10.0. The standard InChI is InChI=1S/C55H103NO7/c1-6-8-10-12-14-16-18-20-22-24-26-27-28-30-31-33-35-37-39-41-43-45-53(57)62-50-51(49-61-48-47-52(55(59)60)56(3,4)5)63-54(58)46-44-42-40-38-36-34-32-29-25-23-21-19-17-15-13-11-9-7-2/h8,10,14,16,51-52H,6-7,9,11-13,15,17-50H2,1-5H3/b10-8+,16-14+. The predicted octanol–water partition coefficient (Wildman–Crippen LogP) is 14.3. The van der Waals surface area contributed by atoms with Gasteiger partial charge in [0.2, 0.25) is 0 Å². The number of likely N-dealkylation sites (N-methyl/N-ethyl adjacent to an activating group) is 1. The fourth-order valence-electron chi connectivity index (χ4n) is 8.23. The van der Waals surface area contributed by atoms with E-state index in [2.05, 4.69) is 38.2 Å².